The Hall–Kier alpha value is -3.38. The van der Waals surface area contributed by atoms with Gasteiger partial charge in [0.1, 0.15) is 5.75 Å². The number of Topliss-reactive ketones (excluding diaryl/α,β-unsaturated/α-hetero) is 1. The summed E-state index contributed by atoms with van der Waals surface area (Å²) < 4.78 is 6.10. The summed E-state index contributed by atoms with van der Waals surface area (Å²) in [5.41, 5.74) is 2.04. The summed E-state index contributed by atoms with van der Waals surface area (Å²) in [7, 11) is 0. The molecule has 0 radical (unpaired) electrons. The lowest BCUT2D eigenvalue weighted by atomic mass is 9.87. The maximum Gasteiger partial charge on any atom is 0.306 e. The van der Waals surface area contributed by atoms with Gasteiger partial charge in [-0.1, -0.05) is 29.8 Å². The van der Waals surface area contributed by atoms with Crippen molar-refractivity contribution in [1.29, 1.82) is 0 Å². The van der Waals surface area contributed by atoms with Crippen molar-refractivity contribution in [1.82, 2.24) is 5.32 Å². The molecule has 0 aliphatic heterocycles. The number of nitrogens with one attached hydrogen (secondary N) is 1. The lowest BCUT2D eigenvalue weighted by molar-refractivity contribution is -0.143. The third-order valence-corrected chi connectivity index (χ3v) is 7.17. The summed E-state index contributed by atoms with van der Waals surface area (Å²) in [6.45, 7) is 2.26. The monoisotopic (exact) mass is 507 g/mol. The Morgan fingerprint density at radius 1 is 0.944 bits per heavy atom. The molecule has 7 heteroatoms. The Morgan fingerprint density at radius 2 is 1.64 bits per heavy atom. The molecule has 0 heterocycles. The number of halogens is 1. The smallest absolute Gasteiger partial charge is 0.306 e. The number of ketones is 1. The number of carbonyl (C=O) groups excluding carboxylic acids is 2. The second kappa shape index (κ2) is 11.6. The summed E-state index contributed by atoms with van der Waals surface area (Å²) in [5, 5.41) is 14.6. The molecule has 0 bridgehead atoms. The van der Waals surface area contributed by atoms with E-state index in [4.69, 9.17) is 21.4 Å². The topological polar surface area (TPSA) is 92.7 Å². The molecule has 0 unspecified atom stereocenters. The molecule has 1 fully saturated rings. The van der Waals surface area contributed by atoms with E-state index in [9.17, 15) is 14.4 Å². The number of benzene rings is 3. The fourth-order valence-corrected chi connectivity index (χ4v) is 4.69. The number of amides is 1. The van der Waals surface area contributed by atoms with Crippen molar-refractivity contribution < 1.29 is 24.2 Å². The van der Waals surface area contributed by atoms with Gasteiger partial charge in [-0.3, -0.25) is 14.4 Å². The highest BCUT2D eigenvalue weighted by molar-refractivity contribution is 6.31. The molecule has 1 aliphatic carbocycles. The molecule has 6 nitrogen and oxygen atoms in total. The summed E-state index contributed by atoms with van der Waals surface area (Å²) in [4.78, 5) is 36.1. The molecule has 1 saturated carbocycles. The quantitative estimate of drug-likeness (QED) is 0.265. The van der Waals surface area contributed by atoms with E-state index >= 15 is 0 Å². The van der Waals surface area contributed by atoms with E-state index in [1.165, 1.54) is 0 Å². The molecule has 0 aromatic heterocycles. The average Bonchev–Trinajstić information content (AvgIpc) is 2.88. The SMILES string of the molecule is Cc1cc(C(=O)NCCCC(=O)c2ccc3cc(OC4CCC(C(=O)O)CC4)ccc3c2)ccc1Cl. The first-order valence-corrected chi connectivity index (χ1v) is 12.7. The third kappa shape index (κ3) is 6.43. The number of hydrogen-bond acceptors (Lipinski definition) is 4. The van der Waals surface area contributed by atoms with Crippen molar-refractivity contribution in [3.05, 3.63) is 76.3 Å². The molecule has 2 N–H and O–H groups in total. The Morgan fingerprint density at radius 3 is 2.36 bits per heavy atom. The molecule has 1 aliphatic rings. The van der Waals surface area contributed by atoms with Crippen molar-refractivity contribution in [2.45, 2.75) is 51.6 Å². The Kier molecular flexibility index (Phi) is 8.26. The first-order valence-electron chi connectivity index (χ1n) is 12.3. The number of hydrogen-bond donors (Lipinski definition) is 2. The highest BCUT2D eigenvalue weighted by atomic mass is 35.5. The van der Waals surface area contributed by atoms with Crippen LogP contribution in [0.4, 0.5) is 0 Å². The summed E-state index contributed by atoms with van der Waals surface area (Å²) in [5.74, 6) is -0.374. The number of aryl methyl sites for hydroxylation is 1. The number of ether oxygens (including phenoxy) is 1. The third-order valence-electron chi connectivity index (χ3n) is 6.75. The van der Waals surface area contributed by atoms with Gasteiger partial charge in [0.2, 0.25) is 0 Å². The summed E-state index contributed by atoms with van der Waals surface area (Å²) in [6, 6.07) is 16.6. The minimum atomic E-state index is -0.720. The van der Waals surface area contributed by atoms with Gasteiger partial charge in [0.05, 0.1) is 12.0 Å². The van der Waals surface area contributed by atoms with Gasteiger partial charge in [0.15, 0.2) is 5.78 Å². The predicted octanol–water partition coefficient (Wildman–Crippen LogP) is 6.22. The molecule has 4 rings (SSSR count). The van der Waals surface area contributed by atoms with Crippen LogP contribution in [0.25, 0.3) is 10.8 Å². The fraction of sp³-hybridized carbons (Fsp3) is 0.345. The van der Waals surface area contributed by atoms with Crippen LogP contribution in [0.5, 0.6) is 5.75 Å². The largest absolute Gasteiger partial charge is 0.490 e. The van der Waals surface area contributed by atoms with E-state index in [-0.39, 0.29) is 23.7 Å². The van der Waals surface area contributed by atoms with E-state index in [0.717, 1.165) is 34.9 Å². The van der Waals surface area contributed by atoms with Crippen LogP contribution in [0.2, 0.25) is 5.02 Å². The number of rotatable bonds is 9. The zero-order valence-corrected chi connectivity index (χ0v) is 21.0. The van der Waals surface area contributed by atoms with E-state index in [2.05, 4.69) is 5.32 Å². The average molecular weight is 508 g/mol. The second-order valence-corrected chi connectivity index (χ2v) is 9.81. The van der Waals surface area contributed by atoms with Crippen molar-refractivity contribution in [3.8, 4) is 5.75 Å². The lowest BCUT2D eigenvalue weighted by Crippen LogP contribution is -2.27. The Bertz CT molecular complexity index is 1280. The van der Waals surface area contributed by atoms with Crippen molar-refractivity contribution in [3.63, 3.8) is 0 Å². The van der Waals surface area contributed by atoms with Crippen LogP contribution in [-0.4, -0.2) is 35.4 Å². The fourth-order valence-electron chi connectivity index (χ4n) is 4.57. The van der Waals surface area contributed by atoms with E-state index in [1.807, 2.05) is 43.3 Å². The minimum absolute atomic E-state index is 0.0307. The zero-order chi connectivity index (χ0) is 25.7. The van der Waals surface area contributed by atoms with Crippen molar-refractivity contribution in [2.75, 3.05) is 6.54 Å². The highest BCUT2D eigenvalue weighted by Crippen LogP contribution is 2.29. The predicted molar refractivity (Wildman–Crippen MR) is 140 cm³/mol. The molecule has 1 amide bonds. The second-order valence-electron chi connectivity index (χ2n) is 9.40. The van der Waals surface area contributed by atoms with Crippen LogP contribution in [0.15, 0.2) is 54.6 Å². The van der Waals surface area contributed by atoms with Gasteiger partial charge in [-0.05, 0) is 91.8 Å². The first-order chi connectivity index (χ1) is 17.3. The number of carbonyl (C=O) groups is 3. The number of carboxylic acid groups (broad SMARTS) is 1. The van der Waals surface area contributed by atoms with Gasteiger partial charge < -0.3 is 15.2 Å². The van der Waals surface area contributed by atoms with Gasteiger partial charge in [-0.15, -0.1) is 0 Å². The van der Waals surface area contributed by atoms with Gasteiger partial charge in [0, 0.05) is 29.1 Å². The molecule has 0 saturated heterocycles. The standard InChI is InChI=1S/C29H30ClNO5/c1-18-15-23(9-13-26(18)30)28(33)31-14-2-3-27(32)22-5-4-21-17-25(12-8-20(21)16-22)36-24-10-6-19(7-11-24)29(34)35/h4-5,8-9,12-13,15-17,19,24H,2-3,6-7,10-11,14H2,1H3,(H,31,33)(H,34,35). The van der Waals surface area contributed by atoms with Crippen LogP contribution in [0.3, 0.4) is 0 Å². The maximum atomic E-state index is 12.7. The summed E-state index contributed by atoms with van der Waals surface area (Å²) in [6.07, 6.45) is 3.68. The summed E-state index contributed by atoms with van der Waals surface area (Å²) >= 11 is 6.01. The van der Waals surface area contributed by atoms with Crippen LogP contribution < -0.4 is 10.1 Å². The van der Waals surface area contributed by atoms with Crippen molar-refractivity contribution >= 4 is 40.0 Å². The number of fused-ring (bicyclic) bond motifs is 1. The highest BCUT2D eigenvalue weighted by Gasteiger charge is 2.26. The molecule has 0 atom stereocenters. The Balaban J connectivity index is 1.27. The molecule has 188 valence electrons. The molecule has 36 heavy (non-hydrogen) atoms. The molecule has 0 spiro atoms. The Labute approximate surface area is 215 Å². The van der Waals surface area contributed by atoms with Crippen LogP contribution >= 0.6 is 11.6 Å². The molecular formula is C29H30ClNO5. The van der Waals surface area contributed by atoms with E-state index < -0.39 is 5.97 Å². The van der Waals surface area contributed by atoms with Crippen molar-refractivity contribution in [2.24, 2.45) is 5.92 Å². The van der Waals surface area contributed by atoms with E-state index in [1.54, 1.807) is 18.2 Å². The lowest BCUT2D eigenvalue weighted by Gasteiger charge is -2.26. The minimum Gasteiger partial charge on any atom is -0.490 e. The van der Waals surface area contributed by atoms with Gasteiger partial charge in [-0.2, -0.15) is 0 Å². The molecule has 3 aromatic rings. The van der Waals surface area contributed by atoms with E-state index in [0.29, 0.717) is 48.4 Å². The van der Waals surface area contributed by atoms with Crippen LogP contribution in [-0.2, 0) is 4.79 Å². The number of aliphatic carboxylic acids is 1. The first kappa shape index (κ1) is 25.7. The zero-order valence-electron chi connectivity index (χ0n) is 20.3. The maximum absolute atomic E-state index is 12.7. The number of carboxylic acids is 1. The van der Waals surface area contributed by atoms with Gasteiger partial charge >= 0.3 is 5.97 Å². The molecule has 3 aromatic carbocycles. The normalized spacial score (nSPS) is 17.5. The van der Waals surface area contributed by atoms with Gasteiger partial charge in [-0.25, -0.2) is 0 Å². The molecular weight excluding hydrogens is 478 g/mol. The van der Waals surface area contributed by atoms with Crippen LogP contribution in [0.1, 0.15) is 64.8 Å². The van der Waals surface area contributed by atoms with Crippen LogP contribution in [0, 0.1) is 12.8 Å². The van der Waals surface area contributed by atoms with Gasteiger partial charge in [0.25, 0.3) is 5.91 Å².